The Labute approximate surface area is 264 Å². The zero-order chi connectivity index (χ0) is 33.8. The van der Waals surface area contributed by atoms with Crippen molar-refractivity contribution in [3.8, 4) is 0 Å². The van der Waals surface area contributed by atoms with Gasteiger partial charge < -0.3 is 0 Å². The van der Waals surface area contributed by atoms with E-state index < -0.39 is 8.07 Å². The van der Waals surface area contributed by atoms with E-state index in [1.54, 1.807) is 6.26 Å². The molecule has 1 aliphatic heterocycles. The van der Waals surface area contributed by atoms with Crippen molar-refractivity contribution in [2.24, 2.45) is 16.9 Å². The number of hydrogen-bond donors (Lipinski definition) is 1. The Bertz CT molecular complexity index is 1180. The second kappa shape index (κ2) is 21.9. The van der Waals surface area contributed by atoms with Gasteiger partial charge in [0, 0.05) is 0 Å². The fourth-order valence-corrected chi connectivity index (χ4v) is 7.88. The number of nitrogens with zero attached hydrogens (tertiary/aromatic N) is 1. The molecule has 4 rings (SSSR count). The zero-order valence-electron chi connectivity index (χ0n) is 25.3. The monoisotopic (exact) mass is 642 g/mol. The van der Waals surface area contributed by atoms with Gasteiger partial charge in [-0.1, -0.05) is 0 Å². The summed E-state index contributed by atoms with van der Waals surface area (Å²) in [5, 5.41) is 4.80. The van der Waals surface area contributed by atoms with Crippen LogP contribution in [-0.4, -0.2) is 30.1 Å². The predicted octanol–water partition coefficient (Wildman–Crippen LogP) is 5.86. The van der Waals surface area contributed by atoms with E-state index in [0.29, 0.717) is 11.8 Å². The average Bonchev–Trinajstić information content (AvgIpc) is 3.73. The third-order valence-corrected chi connectivity index (χ3v) is 10.5. The summed E-state index contributed by atoms with van der Waals surface area (Å²) in [5.41, 5.74) is 6.08. The van der Waals surface area contributed by atoms with Crippen LogP contribution < -0.4 is 5.43 Å². The van der Waals surface area contributed by atoms with E-state index in [2.05, 4.69) is 131 Å². The predicted molar refractivity (Wildman–Crippen MR) is 155 cm³/mol. The molecule has 9 nitrogen and oxygen atoms in total. The van der Waals surface area contributed by atoms with Crippen molar-refractivity contribution >= 4 is 18.4 Å². The SMILES string of the molecule is C[C@@H]1CC[C@@H](C(C)(C)c2ccccc2)[C@H](O[C](=[Cr])C2=NN[C@@H]([Si](C)(C)C)[C@@H]2c2ccco2)C1.[C-]#[O+].[C-]#[O+].[C-]#[O+].[C-]#[O+].[C-]#[O+]. The van der Waals surface area contributed by atoms with Crippen molar-refractivity contribution in [2.45, 2.75) is 82.8 Å². The molecular formula is C32H38CrN2O7Si. The summed E-state index contributed by atoms with van der Waals surface area (Å²) in [6, 6.07) is 14.9. The molecule has 2 heterocycles. The van der Waals surface area contributed by atoms with Crippen LogP contribution in [-0.2, 0) is 49.3 Å². The summed E-state index contributed by atoms with van der Waals surface area (Å²) in [4.78, 5) is 0. The van der Waals surface area contributed by atoms with Crippen molar-refractivity contribution in [3.63, 3.8) is 0 Å². The van der Waals surface area contributed by atoms with E-state index in [9.17, 15) is 0 Å². The summed E-state index contributed by atoms with van der Waals surface area (Å²) in [6.45, 7) is 36.7. The Kier molecular flexibility index (Phi) is 21.5. The molecule has 2 aromatic rings. The van der Waals surface area contributed by atoms with Crippen molar-refractivity contribution in [2.75, 3.05) is 0 Å². The number of hydrazone groups is 1. The van der Waals surface area contributed by atoms with Crippen LogP contribution in [0.1, 0.15) is 57.3 Å². The van der Waals surface area contributed by atoms with Crippen molar-refractivity contribution < 1.29 is 48.3 Å². The number of furan rings is 1. The molecule has 0 bridgehead atoms. The van der Waals surface area contributed by atoms with Gasteiger partial charge in [-0.25, -0.2) is 0 Å². The van der Waals surface area contributed by atoms with Crippen molar-refractivity contribution in [3.05, 3.63) is 93.3 Å². The number of ether oxygens (including phenoxy) is 1. The van der Waals surface area contributed by atoms with E-state index in [1.165, 1.54) is 18.4 Å². The van der Waals surface area contributed by atoms with Gasteiger partial charge in [0.25, 0.3) is 0 Å². The molecule has 0 amide bonds. The molecule has 1 aromatic heterocycles. The molecule has 1 fully saturated rings. The first-order chi connectivity index (χ1) is 20.6. The second-order valence-corrected chi connectivity index (χ2v) is 17.5. The van der Waals surface area contributed by atoms with Gasteiger partial charge in [0.2, 0.25) is 0 Å². The van der Waals surface area contributed by atoms with E-state index in [-0.39, 0.29) is 23.1 Å². The standard InChI is InChI=1S/C27H38N2O2Si.5CO.Cr/c1-19-14-15-21(27(2,3)20-11-8-7-9-12-20)24(17-19)31-18-22-25(23-13-10-16-30-23)26(29-28-22)32(4,5)6;5*1-2;/h7-13,16,19,21,24-26,29H,14-15,17H2,1-6H3;;;;;;/t19-,21-,24-,25+,26+;;;;;;/m1....../s1. The van der Waals surface area contributed by atoms with Crippen LogP contribution in [0.25, 0.3) is 0 Å². The Morgan fingerprint density at radius 2 is 1.49 bits per heavy atom. The molecular weight excluding hydrogens is 604 g/mol. The molecule has 228 valence electrons. The van der Waals surface area contributed by atoms with E-state index in [4.69, 9.17) is 37.5 Å². The average molecular weight is 643 g/mol. The van der Waals surface area contributed by atoms with Crippen LogP contribution >= 0.6 is 0 Å². The molecule has 11 heteroatoms. The van der Waals surface area contributed by atoms with Crippen molar-refractivity contribution in [1.82, 2.24) is 5.43 Å². The molecule has 0 spiro atoms. The number of benzene rings is 1. The van der Waals surface area contributed by atoms with Gasteiger partial charge in [-0.15, -0.1) is 0 Å². The summed E-state index contributed by atoms with van der Waals surface area (Å²) in [6.07, 6.45) is 5.39. The molecule has 1 N–H and O–H groups in total. The molecule has 1 saturated carbocycles. The van der Waals surface area contributed by atoms with E-state index >= 15 is 0 Å². The minimum atomic E-state index is -1.55. The summed E-state index contributed by atoms with van der Waals surface area (Å²) in [5.74, 6) is 2.12. The van der Waals surface area contributed by atoms with Gasteiger partial charge in [-0.2, -0.15) is 0 Å². The van der Waals surface area contributed by atoms with Crippen LogP contribution in [0.15, 0.2) is 58.2 Å². The molecule has 0 radical (unpaired) electrons. The first-order valence-electron chi connectivity index (χ1n) is 13.2. The van der Waals surface area contributed by atoms with Crippen LogP contribution in [0.2, 0.25) is 19.6 Å². The Balaban J connectivity index is 0. The Morgan fingerprint density at radius 1 is 0.930 bits per heavy atom. The van der Waals surface area contributed by atoms with E-state index in [0.717, 1.165) is 22.5 Å². The third-order valence-electron chi connectivity index (χ3n) is 7.70. The molecule has 5 atom stereocenters. The van der Waals surface area contributed by atoms with Gasteiger partial charge in [0.15, 0.2) is 0 Å². The molecule has 0 unspecified atom stereocenters. The molecule has 2 aliphatic rings. The summed E-state index contributed by atoms with van der Waals surface area (Å²) < 4.78 is 51.0. The minimum absolute atomic E-state index is 0.0311. The first kappa shape index (κ1) is 42.4. The van der Waals surface area contributed by atoms with Crippen LogP contribution in [0.4, 0.5) is 0 Å². The van der Waals surface area contributed by atoms with Crippen LogP contribution in [0.5, 0.6) is 0 Å². The van der Waals surface area contributed by atoms with Gasteiger partial charge in [-0.05, 0) is 0 Å². The maximum atomic E-state index is 7.50. The first-order valence-corrected chi connectivity index (χ1v) is 17.5. The zero-order valence-corrected chi connectivity index (χ0v) is 27.6. The summed E-state index contributed by atoms with van der Waals surface area (Å²) in [7, 11) is -1.55. The fraction of sp³-hybridized carbons (Fsp3) is 0.469. The number of rotatable bonds is 7. The van der Waals surface area contributed by atoms with Gasteiger partial charge in [0.05, 0.1) is 0 Å². The van der Waals surface area contributed by atoms with Crippen LogP contribution in [0, 0.1) is 45.1 Å². The molecule has 0 saturated heterocycles. The van der Waals surface area contributed by atoms with Gasteiger partial charge in [-0.3, -0.25) is 0 Å². The maximum absolute atomic E-state index is 7.50. The summed E-state index contributed by atoms with van der Waals surface area (Å²) >= 11 is 3.25. The number of nitrogens with one attached hydrogen (secondary N) is 1. The quantitative estimate of drug-likeness (QED) is 0.229. The molecule has 43 heavy (non-hydrogen) atoms. The third kappa shape index (κ3) is 11.7. The normalized spacial score (nSPS) is 22.0. The van der Waals surface area contributed by atoms with Gasteiger partial charge in [0.1, 0.15) is 0 Å². The Hall–Kier alpha value is -2.75. The van der Waals surface area contributed by atoms with Crippen molar-refractivity contribution in [1.29, 1.82) is 0 Å². The topological polar surface area (TPSA) is 146 Å². The van der Waals surface area contributed by atoms with Gasteiger partial charge >= 0.3 is 265 Å². The van der Waals surface area contributed by atoms with E-state index in [1.807, 2.05) is 6.07 Å². The Morgan fingerprint density at radius 3 is 1.98 bits per heavy atom. The molecule has 1 aliphatic carbocycles. The fourth-order valence-electron chi connectivity index (χ4n) is 5.64. The van der Waals surface area contributed by atoms with Crippen LogP contribution in [0.3, 0.4) is 0 Å². The number of hydrogen-bond acceptors (Lipinski definition) is 4. The molecule has 1 aromatic carbocycles. The second-order valence-electron chi connectivity index (χ2n) is 11.5.